The summed E-state index contributed by atoms with van der Waals surface area (Å²) in [7, 11) is 0. The fourth-order valence-corrected chi connectivity index (χ4v) is 2.41. The fraction of sp³-hybridized carbons (Fsp3) is 0. The van der Waals surface area contributed by atoms with Crippen molar-refractivity contribution >= 4 is 45.8 Å². The van der Waals surface area contributed by atoms with Crippen molar-refractivity contribution < 1.29 is 15.2 Å². The summed E-state index contributed by atoms with van der Waals surface area (Å²) in [4.78, 5) is 12.7. The Bertz CT molecular complexity index is 649. The van der Waals surface area contributed by atoms with E-state index in [9.17, 15) is 4.79 Å². The first kappa shape index (κ1) is 14.7. The molecule has 0 saturated heterocycles. The molecule has 5 nitrogen and oxygen atoms in total. The third-order valence-corrected chi connectivity index (χ3v) is 3.76. The first-order valence-corrected chi connectivity index (χ1v) is 6.74. The smallest absolute Gasteiger partial charge is 0.256 e. The van der Waals surface area contributed by atoms with Crippen LogP contribution in [0.5, 0.6) is 0 Å². The van der Waals surface area contributed by atoms with Crippen LogP contribution in [0.4, 0.5) is 11.4 Å². The Morgan fingerprint density at radius 3 is 2.50 bits per heavy atom. The third-order valence-electron chi connectivity index (χ3n) is 2.57. The van der Waals surface area contributed by atoms with Gasteiger partial charge in [-0.3, -0.25) is 15.2 Å². The largest absolute Gasteiger partial charge is 0.778 e. The Morgan fingerprint density at radius 2 is 1.85 bits per heavy atom. The minimum atomic E-state index is -0.405. The van der Waals surface area contributed by atoms with E-state index in [1.807, 2.05) is 0 Å². The standard InChI is InChI=1S/C13H11BrN2O3S/c14-12-8(4-3-6-10(12)16(18)19)13(17)15-9-5-1-2-7-11(9)20/h1-7,18-20H,(H,15,17)/p-1. The lowest BCUT2D eigenvalue weighted by atomic mass is 10.2. The van der Waals surface area contributed by atoms with Crippen LogP contribution in [0.15, 0.2) is 51.8 Å². The first-order valence-electron chi connectivity index (χ1n) is 5.54. The number of nitrogens with zero attached hydrogens (tertiary/aromatic N) is 1. The molecule has 3 N–H and O–H groups in total. The van der Waals surface area contributed by atoms with Gasteiger partial charge < -0.3 is 17.9 Å². The number of carbonyl (C=O) groups excluding carboxylic acids is 1. The molecule has 0 atom stereocenters. The van der Waals surface area contributed by atoms with E-state index >= 15 is 0 Å². The summed E-state index contributed by atoms with van der Waals surface area (Å²) in [5, 5.41) is 20.7. The van der Waals surface area contributed by atoms with Gasteiger partial charge in [0.15, 0.2) is 0 Å². The van der Waals surface area contributed by atoms with E-state index < -0.39 is 5.91 Å². The van der Waals surface area contributed by atoms with Crippen molar-refractivity contribution in [1.82, 2.24) is 0 Å². The third kappa shape index (κ3) is 3.07. The van der Waals surface area contributed by atoms with E-state index in [1.165, 1.54) is 12.1 Å². The van der Waals surface area contributed by atoms with Gasteiger partial charge in [0.1, 0.15) is 5.69 Å². The van der Waals surface area contributed by atoms with Crippen molar-refractivity contribution in [3.8, 4) is 0 Å². The second-order valence-electron chi connectivity index (χ2n) is 3.88. The van der Waals surface area contributed by atoms with Crippen LogP contribution in [0.3, 0.4) is 0 Å². The number of amides is 1. The zero-order valence-corrected chi connectivity index (χ0v) is 12.5. The van der Waals surface area contributed by atoms with Crippen LogP contribution >= 0.6 is 15.9 Å². The average Bonchev–Trinajstić information content (AvgIpc) is 2.41. The summed E-state index contributed by atoms with van der Waals surface area (Å²) < 4.78 is 0.268. The molecule has 0 bridgehead atoms. The molecule has 2 rings (SSSR count). The van der Waals surface area contributed by atoms with Crippen molar-refractivity contribution in [2.24, 2.45) is 0 Å². The lowest BCUT2D eigenvalue weighted by Crippen LogP contribution is -2.16. The normalized spacial score (nSPS) is 10.2. The molecule has 0 aliphatic carbocycles. The van der Waals surface area contributed by atoms with E-state index in [0.717, 1.165) is 0 Å². The van der Waals surface area contributed by atoms with Gasteiger partial charge in [-0.15, -0.1) is 5.23 Å². The molecule has 0 saturated carbocycles. The molecule has 7 heteroatoms. The predicted molar refractivity (Wildman–Crippen MR) is 80.2 cm³/mol. The van der Waals surface area contributed by atoms with Gasteiger partial charge in [-0.25, -0.2) is 0 Å². The maximum Gasteiger partial charge on any atom is 0.256 e. The zero-order valence-electron chi connectivity index (χ0n) is 10.1. The van der Waals surface area contributed by atoms with E-state index in [-0.39, 0.29) is 21.0 Å². The molecule has 0 unspecified atom stereocenters. The highest BCUT2D eigenvalue weighted by Gasteiger charge is 2.15. The van der Waals surface area contributed by atoms with Crippen LogP contribution in [-0.2, 0) is 12.6 Å². The molecule has 0 aromatic heterocycles. The lowest BCUT2D eigenvalue weighted by molar-refractivity contribution is 0.0287. The molecular weight excluding hydrogens is 344 g/mol. The average molecular weight is 354 g/mol. The van der Waals surface area contributed by atoms with Gasteiger partial charge in [0, 0.05) is 5.69 Å². The van der Waals surface area contributed by atoms with Gasteiger partial charge in [0.2, 0.25) is 0 Å². The number of hydrogen-bond acceptors (Lipinski definition) is 5. The summed E-state index contributed by atoms with van der Waals surface area (Å²) in [6.45, 7) is 0. The number of carbonyl (C=O) groups is 1. The molecule has 0 radical (unpaired) electrons. The molecule has 1 amide bonds. The predicted octanol–water partition coefficient (Wildman–Crippen LogP) is 3.19. The highest BCUT2D eigenvalue weighted by Crippen LogP contribution is 2.29. The number of halogens is 1. The highest BCUT2D eigenvalue weighted by molar-refractivity contribution is 9.10. The highest BCUT2D eigenvalue weighted by atomic mass is 79.9. The summed E-state index contributed by atoms with van der Waals surface area (Å²) in [5.41, 5.74) is 0.841. The Morgan fingerprint density at radius 1 is 1.15 bits per heavy atom. The van der Waals surface area contributed by atoms with Crippen LogP contribution in [0.25, 0.3) is 0 Å². The second-order valence-corrected chi connectivity index (χ2v) is 5.11. The van der Waals surface area contributed by atoms with E-state index in [2.05, 4.69) is 21.2 Å². The molecule has 2 aromatic carbocycles. The monoisotopic (exact) mass is 353 g/mol. The number of anilines is 2. The van der Waals surface area contributed by atoms with Crippen molar-refractivity contribution in [1.29, 1.82) is 0 Å². The Labute approximate surface area is 129 Å². The van der Waals surface area contributed by atoms with Gasteiger partial charge in [-0.1, -0.05) is 24.3 Å². The zero-order chi connectivity index (χ0) is 14.7. The number of nitrogens with one attached hydrogen (secondary N) is 1. The van der Waals surface area contributed by atoms with Crippen LogP contribution < -0.4 is 10.5 Å². The molecule has 0 spiro atoms. The quantitative estimate of drug-likeness (QED) is 0.583. The Hall–Kier alpha value is -1.67. The SMILES string of the molecule is O=C(Nc1ccccc1[S-])c1cccc(N(O)O)c1Br. The van der Waals surface area contributed by atoms with Crippen LogP contribution in [0.2, 0.25) is 0 Å². The van der Waals surface area contributed by atoms with Gasteiger partial charge in [0.25, 0.3) is 5.91 Å². The molecule has 0 aliphatic heterocycles. The maximum absolute atomic E-state index is 12.2. The minimum Gasteiger partial charge on any atom is -0.778 e. The van der Waals surface area contributed by atoms with Crippen LogP contribution in [0, 0.1) is 0 Å². The maximum atomic E-state index is 12.2. The molecule has 2 aromatic rings. The van der Waals surface area contributed by atoms with Gasteiger partial charge >= 0.3 is 0 Å². The summed E-state index contributed by atoms with van der Waals surface area (Å²) >= 11 is 8.27. The van der Waals surface area contributed by atoms with E-state index in [4.69, 9.17) is 23.0 Å². The fourth-order valence-electron chi connectivity index (χ4n) is 1.61. The minimum absolute atomic E-state index is 0.0537. The van der Waals surface area contributed by atoms with Crippen molar-refractivity contribution in [2.45, 2.75) is 4.90 Å². The molecule has 20 heavy (non-hydrogen) atoms. The van der Waals surface area contributed by atoms with Gasteiger partial charge in [-0.2, -0.15) is 4.90 Å². The van der Waals surface area contributed by atoms with Crippen LogP contribution in [-0.4, -0.2) is 16.3 Å². The Balaban J connectivity index is 2.31. The van der Waals surface area contributed by atoms with E-state index in [0.29, 0.717) is 10.6 Å². The second kappa shape index (κ2) is 6.19. The molecular formula is C13H10BrN2O3S-. The summed E-state index contributed by atoms with van der Waals surface area (Å²) in [6, 6.07) is 11.5. The molecule has 0 heterocycles. The van der Waals surface area contributed by atoms with Gasteiger partial charge in [0.05, 0.1) is 10.0 Å². The molecule has 0 fully saturated rings. The van der Waals surface area contributed by atoms with E-state index in [1.54, 1.807) is 30.3 Å². The number of hydrogen-bond donors (Lipinski definition) is 3. The number of benzene rings is 2. The van der Waals surface area contributed by atoms with Gasteiger partial charge in [-0.05, 0) is 34.1 Å². The lowest BCUT2D eigenvalue weighted by Gasteiger charge is -2.16. The van der Waals surface area contributed by atoms with Crippen molar-refractivity contribution in [3.63, 3.8) is 0 Å². The van der Waals surface area contributed by atoms with Crippen molar-refractivity contribution in [2.75, 3.05) is 10.5 Å². The topological polar surface area (TPSA) is 72.8 Å². The summed E-state index contributed by atoms with van der Waals surface area (Å²) in [6.07, 6.45) is 0. The number of para-hydroxylation sites is 1. The Kier molecular flexibility index (Phi) is 4.56. The summed E-state index contributed by atoms with van der Waals surface area (Å²) in [5.74, 6) is -0.405. The van der Waals surface area contributed by atoms with Crippen LogP contribution in [0.1, 0.15) is 10.4 Å². The molecule has 104 valence electrons. The number of rotatable bonds is 3. The van der Waals surface area contributed by atoms with Crippen molar-refractivity contribution in [3.05, 3.63) is 52.5 Å². The first-order chi connectivity index (χ1) is 9.50. The molecule has 0 aliphatic rings.